The van der Waals surface area contributed by atoms with Gasteiger partial charge in [0, 0.05) is 12.5 Å². The zero-order valence-electron chi connectivity index (χ0n) is 11.9. The Morgan fingerprint density at radius 1 is 1.30 bits per heavy atom. The Morgan fingerprint density at radius 2 is 2.00 bits per heavy atom. The molecule has 1 aromatic carbocycles. The maximum absolute atomic E-state index is 12.4. The standard InChI is InChI=1S/C15H20F3NO/c1-9(2)7-10(3)12-8-19-14-11(12)5-4-6-13(14)20-15(16,17)18/h4-6,9-10,12,19H,7-8H2,1-3H3. The maximum atomic E-state index is 12.4. The van der Waals surface area contributed by atoms with Gasteiger partial charge < -0.3 is 10.1 Å². The number of hydrogen-bond acceptors (Lipinski definition) is 2. The van der Waals surface area contributed by atoms with Gasteiger partial charge in [0.25, 0.3) is 0 Å². The average molecular weight is 287 g/mol. The number of alkyl halides is 3. The molecule has 0 spiro atoms. The van der Waals surface area contributed by atoms with Gasteiger partial charge in [-0.1, -0.05) is 32.9 Å². The van der Waals surface area contributed by atoms with Crippen LogP contribution < -0.4 is 10.1 Å². The van der Waals surface area contributed by atoms with Crippen LogP contribution in [0.25, 0.3) is 0 Å². The molecule has 0 amide bonds. The topological polar surface area (TPSA) is 21.3 Å². The minimum atomic E-state index is -4.65. The lowest BCUT2D eigenvalue weighted by molar-refractivity contribution is -0.274. The molecule has 2 atom stereocenters. The molecule has 0 saturated carbocycles. The predicted octanol–water partition coefficient (Wildman–Crippen LogP) is 4.78. The number of rotatable bonds is 4. The Balaban J connectivity index is 2.23. The molecule has 1 aliphatic heterocycles. The summed E-state index contributed by atoms with van der Waals surface area (Å²) >= 11 is 0. The van der Waals surface area contributed by atoms with Crippen molar-refractivity contribution >= 4 is 5.69 Å². The summed E-state index contributed by atoms with van der Waals surface area (Å²) < 4.78 is 41.3. The van der Waals surface area contributed by atoms with E-state index in [0.717, 1.165) is 12.0 Å². The highest BCUT2D eigenvalue weighted by Gasteiger charge is 2.35. The van der Waals surface area contributed by atoms with E-state index in [0.29, 0.717) is 24.1 Å². The zero-order valence-corrected chi connectivity index (χ0v) is 11.9. The van der Waals surface area contributed by atoms with Gasteiger partial charge in [-0.3, -0.25) is 0 Å². The number of nitrogens with one attached hydrogen (secondary N) is 1. The van der Waals surface area contributed by atoms with E-state index in [1.807, 2.05) is 6.07 Å². The molecule has 0 radical (unpaired) electrons. The summed E-state index contributed by atoms with van der Waals surface area (Å²) in [5.41, 5.74) is 1.42. The van der Waals surface area contributed by atoms with Crippen molar-refractivity contribution in [2.24, 2.45) is 11.8 Å². The molecular weight excluding hydrogens is 267 g/mol. The fraction of sp³-hybridized carbons (Fsp3) is 0.600. The molecule has 0 aromatic heterocycles. The summed E-state index contributed by atoms with van der Waals surface area (Å²) in [6.07, 6.45) is -3.60. The molecule has 1 aromatic rings. The number of ether oxygens (including phenoxy) is 1. The minimum Gasteiger partial charge on any atom is -0.404 e. The summed E-state index contributed by atoms with van der Waals surface area (Å²) in [5, 5.41) is 3.07. The SMILES string of the molecule is CC(C)CC(C)C1CNc2c(OC(F)(F)F)cccc21. The molecule has 1 heterocycles. The highest BCUT2D eigenvalue weighted by molar-refractivity contribution is 5.67. The Hall–Kier alpha value is -1.39. The molecule has 0 aliphatic carbocycles. The van der Waals surface area contributed by atoms with E-state index in [4.69, 9.17) is 0 Å². The van der Waals surface area contributed by atoms with Crippen LogP contribution in [0, 0.1) is 11.8 Å². The van der Waals surface area contributed by atoms with Gasteiger partial charge in [-0.2, -0.15) is 0 Å². The minimum absolute atomic E-state index is 0.130. The highest BCUT2D eigenvalue weighted by atomic mass is 19.4. The van der Waals surface area contributed by atoms with E-state index in [-0.39, 0.29) is 11.7 Å². The van der Waals surface area contributed by atoms with Gasteiger partial charge in [0.05, 0.1) is 5.69 Å². The van der Waals surface area contributed by atoms with Gasteiger partial charge >= 0.3 is 6.36 Å². The lowest BCUT2D eigenvalue weighted by Crippen LogP contribution is -2.17. The maximum Gasteiger partial charge on any atom is 0.573 e. The summed E-state index contributed by atoms with van der Waals surface area (Å²) in [5.74, 6) is 1.10. The van der Waals surface area contributed by atoms with Gasteiger partial charge in [-0.25, -0.2) is 0 Å². The van der Waals surface area contributed by atoms with Crippen LogP contribution in [0.2, 0.25) is 0 Å². The van der Waals surface area contributed by atoms with Gasteiger partial charge in [0.1, 0.15) is 0 Å². The summed E-state index contributed by atoms with van der Waals surface area (Å²) in [6.45, 7) is 7.13. The molecule has 1 N–H and O–H groups in total. The molecule has 2 nitrogen and oxygen atoms in total. The molecule has 5 heteroatoms. The van der Waals surface area contributed by atoms with Crippen LogP contribution in [0.4, 0.5) is 18.9 Å². The lowest BCUT2D eigenvalue weighted by atomic mass is 9.83. The van der Waals surface area contributed by atoms with Crippen LogP contribution in [0.5, 0.6) is 5.75 Å². The third kappa shape index (κ3) is 3.38. The number of hydrogen-bond donors (Lipinski definition) is 1. The Morgan fingerprint density at radius 3 is 2.60 bits per heavy atom. The smallest absolute Gasteiger partial charge is 0.404 e. The van der Waals surface area contributed by atoms with E-state index < -0.39 is 6.36 Å². The van der Waals surface area contributed by atoms with E-state index in [9.17, 15) is 13.2 Å². The number of fused-ring (bicyclic) bond motifs is 1. The molecule has 2 unspecified atom stereocenters. The van der Waals surface area contributed by atoms with E-state index >= 15 is 0 Å². The van der Waals surface area contributed by atoms with Crippen molar-refractivity contribution in [3.05, 3.63) is 23.8 Å². The first-order valence-corrected chi connectivity index (χ1v) is 6.90. The largest absolute Gasteiger partial charge is 0.573 e. The van der Waals surface area contributed by atoms with Crippen molar-refractivity contribution < 1.29 is 17.9 Å². The number of anilines is 1. The van der Waals surface area contributed by atoms with Crippen molar-refractivity contribution in [3.8, 4) is 5.75 Å². The van der Waals surface area contributed by atoms with Crippen LogP contribution in [-0.2, 0) is 0 Å². The second-order valence-electron chi connectivity index (χ2n) is 5.86. The second kappa shape index (κ2) is 5.54. The van der Waals surface area contributed by atoms with Crippen molar-refractivity contribution in [2.45, 2.75) is 39.5 Å². The van der Waals surface area contributed by atoms with Crippen LogP contribution in [0.15, 0.2) is 18.2 Å². The van der Waals surface area contributed by atoms with Crippen molar-refractivity contribution in [2.75, 3.05) is 11.9 Å². The Labute approximate surface area is 117 Å². The lowest BCUT2D eigenvalue weighted by Gasteiger charge is -2.21. The molecule has 0 bridgehead atoms. The first-order chi connectivity index (χ1) is 9.28. The van der Waals surface area contributed by atoms with Crippen LogP contribution in [-0.4, -0.2) is 12.9 Å². The second-order valence-corrected chi connectivity index (χ2v) is 5.86. The molecule has 0 saturated heterocycles. The van der Waals surface area contributed by atoms with Crippen LogP contribution in [0.3, 0.4) is 0 Å². The predicted molar refractivity (Wildman–Crippen MR) is 73.0 cm³/mol. The zero-order chi connectivity index (χ0) is 14.9. The molecular formula is C15H20F3NO. The molecule has 1 aliphatic rings. The monoisotopic (exact) mass is 287 g/mol. The Kier molecular flexibility index (Phi) is 4.16. The van der Waals surface area contributed by atoms with E-state index in [1.165, 1.54) is 6.07 Å². The summed E-state index contributed by atoms with van der Waals surface area (Å²) in [4.78, 5) is 0. The van der Waals surface area contributed by atoms with Crippen LogP contribution >= 0.6 is 0 Å². The van der Waals surface area contributed by atoms with Crippen molar-refractivity contribution in [1.82, 2.24) is 0 Å². The first kappa shape index (κ1) is 15.0. The molecule has 2 rings (SSSR count). The highest BCUT2D eigenvalue weighted by Crippen LogP contribution is 2.44. The normalized spacial score (nSPS) is 19.6. The van der Waals surface area contributed by atoms with Gasteiger partial charge in [0.15, 0.2) is 5.75 Å². The van der Waals surface area contributed by atoms with Gasteiger partial charge in [-0.05, 0) is 29.9 Å². The van der Waals surface area contributed by atoms with Crippen molar-refractivity contribution in [3.63, 3.8) is 0 Å². The third-order valence-corrected chi connectivity index (χ3v) is 3.71. The summed E-state index contributed by atoms with van der Waals surface area (Å²) in [7, 11) is 0. The quantitative estimate of drug-likeness (QED) is 0.860. The molecule has 20 heavy (non-hydrogen) atoms. The number of para-hydroxylation sites is 1. The van der Waals surface area contributed by atoms with Gasteiger partial charge in [-0.15, -0.1) is 13.2 Å². The molecule has 0 fully saturated rings. The average Bonchev–Trinajstić information content (AvgIpc) is 2.70. The van der Waals surface area contributed by atoms with Crippen LogP contribution in [0.1, 0.15) is 38.7 Å². The fourth-order valence-corrected chi connectivity index (χ4v) is 2.99. The van der Waals surface area contributed by atoms with E-state index in [2.05, 4.69) is 30.8 Å². The third-order valence-electron chi connectivity index (χ3n) is 3.71. The Bertz CT molecular complexity index is 471. The summed E-state index contributed by atoms with van der Waals surface area (Å²) in [6, 6.07) is 4.87. The van der Waals surface area contributed by atoms with Crippen molar-refractivity contribution in [1.29, 1.82) is 0 Å². The number of halogens is 3. The first-order valence-electron chi connectivity index (χ1n) is 6.90. The fourth-order valence-electron chi connectivity index (χ4n) is 2.99. The van der Waals surface area contributed by atoms with Gasteiger partial charge in [0.2, 0.25) is 0 Å². The van der Waals surface area contributed by atoms with E-state index in [1.54, 1.807) is 6.07 Å². The number of benzene rings is 1. The molecule has 112 valence electrons.